The molecule has 0 aromatic carbocycles. The van der Waals surface area contributed by atoms with Crippen molar-refractivity contribution in [2.75, 3.05) is 13.1 Å². The summed E-state index contributed by atoms with van der Waals surface area (Å²) in [5, 5.41) is 20.0. The molecule has 0 bridgehead atoms. The first-order valence-corrected chi connectivity index (χ1v) is 5.58. The molecule has 0 saturated carbocycles. The van der Waals surface area contributed by atoms with Crippen LogP contribution in [0.2, 0.25) is 0 Å². The highest BCUT2D eigenvalue weighted by molar-refractivity contribution is 5.85. The van der Waals surface area contributed by atoms with Crippen LogP contribution in [0, 0.1) is 11.3 Å². The molecule has 0 saturated heterocycles. The predicted molar refractivity (Wildman–Crippen MR) is 62.3 cm³/mol. The molecule has 1 unspecified atom stereocenters. The second kappa shape index (κ2) is 6.74. The molecule has 0 aliphatic carbocycles. The molecule has 0 rings (SSSR count). The van der Waals surface area contributed by atoms with E-state index >= 15 is 0 Å². The largest absolute Gasteiger partial charge is 0.480 e. The molecule has 17 heavy (non-hydrogen) atoms. The third kappa shape index (κ3) is 4.31. The molecule has 0 aliphatic heterocycles. The minimum atomic E-state index is -1.27. The zero-order valence-corrected chi connectivity index (χ0v) is 10.5. The highest BCUT2D eigenvalue weighted by Crippen LogP contribution is 2.10. The van der Waals surface area contributed by atoms with Crippen LogP contribution in [0.5, 0.6) is 0 Å². The van der Waals surface area contributed by atoms with Crippen LogP contribution in [0.3, 0.4) is 0 Å². The molecule has 6 nitrogen and oxygen atoms in total. The van der Waals surface area contributed by atoms with Gasteiger partial charge in [-0.05, 0) is 20.3 Å². The van der Waals surface area contributed by atoms with Crippen molar-refractivity contribution < 1.29 is 14.7 Å². The minimum absolute atomic E-state index is 0.233. The number of carboxylic acid groups (broad SMARTS) is 1. The van der Waals surface area contributed by atoms with Crippen LogP contribution < -0.4 is 5.32 Å². The molecule has 0 radical (unpaired) electrons. The summed E-state index contributed by atoms with van der Waals surface area (Å²) in [5.41, 5.74) is -1.27. The Bertz CT molecular complexity index is 324. The Kier molecular flexibility index (Phi) is 6.03. The highest BCUT2D eigenvalue weighted by atomic mass is 16.4. The Morgan fingerprint density at radius 1 is 1.47 bits per heavy atom. The van der Waals surface area contributed by atoms with Gasteiger partial charge >= 0.3 is 12.0 Å². The maximum absolute atomic E-state index is 11.8. The van der Waals surface area contributed by atoms with Gasteiger partial charge in [0.15, 0.2) is 0 Å². The Balaban J connectivity index is 4.59. The second-order valence-corrected chi connectivity index (χ2v) is 3.91. The third-order valence-electron chi connectivity index (χ3n) is 2.72. The summed E-state index contributed by atoms with van der Waals surface area (Å²) in [6.45, 7) is 5.68. The van der Waals surface area contributed by atoms with Crippen molar-refractivity contribution in [1.82, 2.24) is 10.2 Å². The third-order valence-corrected chi connectivity index (χ3v) is 2.72. The van der Waals surface area contributed by atoms with Gasteiger partial charge in [-0.2, -0.15) is 5.26 Å². The predicted octanol–water partition coefficient (Wildman–Crippen LogP) is 1.18. The number of aliphatic carboxylic acids is 1. The van der Waals surface area contributed by atoms with Gasteiger partial charge in [-0.1, -0.05) is 6.92 Å². The number of carbonyl (C=O) groups excluding carboxylic acids is 1. The van der Waals surface area contributed by atoms with E-state index in [9.17, 15) is 9.59 Å². The normalized spacial score (nSPS) is 13.3. The molecule has 0 heterocycles. The maximum Gasteiger partial charge on any atom is 0.329 e. The number of urea groups is 1. The lowest BCUT2D eigenvalue weighted by molar-refractivity contribution is -0.143. The van der Waals surface area contributed by atoms with Crippen molar-refractivity contribution in [2.45, 2.75) is 39.2 Å². The number of nitrogens with one attached hydrogen (secondary N) is 1. The fourth-order valence-corrected chi connectivity index (χ4v) is 1.20. The van der Waals surface area contributed by atoms with Crippen molar-refractivity contribution in [3.8, 4) is 6.07 Å². The van der Waals surface area contributed by atoms with E-state index in [4.69, 9.17) is 10.4 Å². The number of rotatable bonds is 6. The number of carboxylic acids is 1. The van der Waals surface area contributed by atoms with Crippen LogP contribution in [0.15, 0.2) is 0 Å². The van der Waals surface area contributed by atoms with Crippen LogP contribution in [0.1, 0.15) is 33.6 Å². The summed E-state index contributed by atoms with van der Waals surface area (Å²) in [6, 6.07) is 1.50. The van der Waals surface area contributed by atoms with Crippen molar-refractivity contribution in [3.63, 3.8) is 0 Å². The van der Waals surface area contributed by atoms with E-state index in [0.717, 1.165) is 0 Å². The van der Waals surface area contributed by atoms with Gasteiger partial charge < -0.3 is 15.3 Å². The number of nitriles is 1. The monoisotopic (exact) mass is 241 g/mol. The summed E-state index contributed by atoms with van der Waals surface area (Å²) in [5.74, 6) is -1.07. The quantitative estimate of drug-likeness (QED) is 0.730. The topological polar surface area (TPSA) is 93.4 Å². The summed E-state index contributed by atoms with van der Waals surface area (Å²) in [6.07, 6.45) is 0.529. The first kappa shape index (κ1) is 15.2. The second-order valence-electron chi connectivity index (χ2n) is 3.91. The Labute approximate surface area is 101 Å². The zero-order chi connectivity index (χ0) is 13.5. The number of carbonyl (C=O) groups is 2. The smallest absolute Gasteiger partial charge is 0.329 e. The van der Waals surface area contributed by atoms with Crippen LogP contribution in [-0.4, -0.2) is 40.6 Å². The van der Waals surface area contributed by atoms with Gasteiger partial charge in [0.05, 0.1) is 12.5 Å². The van der Waals surface area contributed by atoms with E-state index in [1.165, 1.54) is 11.8 Å². The first-order valence-electron chi connectivity index (χ1n) is 5.58. The van der Waals surface area contributed by atoms with E-state index in [-0.39, 0.29) is 6.42 Å². The van der Waals surface area contributed by atoms with Crippen molar-refractivity contribution >= 4 is 12.0 Å². The number of nitrogens with zero attached hydrogens (tertiary/aromatic N) is 2. The van der Waals surface area contributed by atoms with E-state index in [0.29, 0.717) is 19.5 Å². The summed E-state index contributed by atoms with van der Waals surface area (Å²) >= 11 is 0. The van der Waals surface area contributed by atoms with Crippen LogP contribution in [0.4, 0.5) is 4.79 Å². The summed E-state index contributed by atoms with van der Waals surface area (Å²) in [4.78, 5) is 24.2. The molecule has 0 aromatic rings. The van der Waals surface area contributed by atoms with Crippen LogP contribution in [0.25, 0.3) is 0 Å². The van der Waals surface area contributed by atoms with Gasteiger partial charge in [-0.15, -0.1) is 0 Å². The van der Waals surface area contributed by atoms with E-state index in [1.54, 1.807) is 13.8 Å². The summed E-state index contributed by atoms with van der Waals surface area (Å²) in [7, 11) is 0. The average Bonchev–Trinajstić information content (AvgIpc) is 2.29. The van der Waals surface area contributed by atoms with Gasteiger partial charge in [0.2, 0.25) is 0 Å². The number of amides is 2. The van der Waals surface area contributed by atoms with Gasteiger partial charge in [-0.25, -0.2) is 9.59 Å². The minimum Gasteiger partial charge on any atom is -0.480 e. The van der Waals surface area contributed by atoms with Crippen molar-refractivity contribution in [1.29, 1.82) is 5.26 Å². The van der Waals surface area contributed by atoms with Crippen LogP contribution >= 0.6 is 0 Å². The lowest BCUT2D eigenvalue weighted by Gasteiger charge is -2.29. The Morgan fingerprint density at radius 3 is 2.41 bits per heavy atom. The molecular formula is C11H19N3O3. The van der Waals surface area contributed by atoms with Crippen LogP contribution in [-0.2, 0) is 4.79 Å². The molecule has 96 valence electrons. The summed E-state index contributed by atoms with van der Waals surface area (Å²) < 4.78 is 0. The van der Waals surface area contributed by atoms with Crippen molar-refractivity contribution in [2.24, 2.45) is 0 Å². The van der Waals surface area contributed by atoms with Gasteiger partial charge in [0.25, 0.3) is 0 Å². The number of hydrogen-bond donors (Lipinski definition) is 2. The lowest BCUT2D eigenvalue weighted by atomic mass is 10.00. The fraction of sp³-hybridized carbons (Fsp3) is 0.727. The van der Waals surface area contributed by atoms with Gasteiger partial charge in [0.1, 0.15) is 5.54 Å². The molecule has 2 N–H and O–H groups in total. The molecule has 0 aliphatic rings. The average molecular weight is 241 g/mol. The highest BCUT2D eigenvalue weighted by Gasteiger charge is 2.33. The van der Waals surface area contributed by atoms with Crippen molar-refractivity contribution in [3.05, 3.63) is 0 Å². The molecule has 0 aromatic heterocycles. The first-order chi connectivity index (χ1) is 7.91. The SMILES string of the molecule is CCN(CCC#N)C(=O)NC(C)(CC)C(=O)O. The fourth-order valence-electron chi connectivity index (χ4n) is 1.20. The van der Waals surface area contributed by atoms with Gasteiger partial charge in [-0.3, -0.25) is 0 Å². The molecule has 6 heteroatoms. The molecule has 0 spiro atoms. The standard InChI is InChI=1S/C11H19N3O3/c1-4-11(3,9(15)16)13-10(17)14(5-2)8-6-7-12/h4-6,8H2,1-3H3,(H,13,17)(H,15,16). The molecule has 0 fully saturated rings. The number of hydrogen-bond acceptors (Lipinski definition) is 3. The van der Waals surface area contributed by atoms with E-state index < -0.39 is 17.5 Å². The lowest BCUT2D eigenvalue weighted by Crippen LogP contribution is -2.55. The van der Waals surface area contributed by atoms with E-state index in [1.807, 2.05) is 6.07 Å². The zero-order valence-electron chi connectivity index (χ0n) is 10.5. The van der Waals surface area contributed by atoms with Gasteiger partial charge in [0, 0.05) is 13.1 Å². The Hall–Kier alpha value is -1.77. The molecule has 1 atom stereocenters. The van der Waals surface area contributed by atoms with E-state index in [2.05, 4.69) is 5.32 Å². The molecular weight excluding hydrogens is 222 g/mol. The maximum atomic E-state index is 11.8. The molecule has 2 amide bonds. The Morgan fingerprint density at radius 2 is 2.06 bits per heavy atom.